The van der Waals surface area contributed by atoms with Crippen molar-refractivity contribution in [2.75, 3.05) is 24.6 Å². The zero-order valence-corrected chi connectivity index (χ0v) is 10.7. The van der Waals surface area contributed by atoms with Gasteiger partial charge in [0.05, 0.1) is 6.61 Å². The smallest absolute Gasteiger partial charge is 0.125 e. The Morgan fingerprint density at radius 3 is 2.78 bits per heavy atom. The molecular formula is C15H20FNO. The van der Waals surface area contributed by atoms with E-state index >= 15 is 0 Å². The van der Waals surface area contributed by atoms with Gasteiger partial charge in [0.15, 0.2) is 0 Å². The number of halogens is 1. The fourth-order valence-corrected chi connectivity index (χ4v) is 3.48. The number of hydrogen-bond donors (Lipinski definition) is 1. The second-order valence-corrected chi connectivity index (χ2v) is 5.81. The van der Waals surface area contributed by atoms with E-state index in [-0.39, 0.29) is 17.8 Å². The quantitative estimate of drug-likeness (QED) is 0.890. The third kappa shape index (κ3) is 2.01. The van der Waals surface area contributed by atoms with E-state index in [4.69, 9.17) is 0 Å². The van der Waals surface area contributed by atoms with Crippen molar-refractivity contribution in [3.05, 3.63) is 29.6 Å². The summed E-state index contributed by atoms with van der Waals surface area (Å²) in [6, 6.07) is 5.08. The molecule has 0 unspecified atom stereocenters. The zero-order valence-electron chi connectivity index (χ0n) is 10.7. The van der Waals surface area contributed by atoms with E-state index in [9.17, 15) is 9.50 Å². The molecule has 1 aromatic carbocycles. The fraction of sp³-hybridized carbons (Fsp3) is 0.600. The highest BCUT2D eigenvalue weighted by Crippen LogP contribution is 2.41. The van der Waals surface area contributed by atoms with Crippen LogP contribution >= 0.6 is 0 Å². The lowest BCUT2D eigenvalue weighted by Gasteiger charge is -2.33. The van der Waals surface area contributed by atoms with Crippen molar-refractivity contribution in [2.24, 2.45) is 5.41 Å². The number of nitrogens with zero attached hydrogens (tertiary/aromatic N) is 1. The summed E-state index contributed by atoms with van der Waals surface area (Å²) < 4.78 is 13.4. The highest BCUT2D eigenvalue weighted by Gasteiger charge is 2.36. The van der Waals surface area contributed by atoms with Crippen molar-refractivity contribution < 1.29 is 9.50 Å². The summed E-state index contributed by atoms with van der Waals surface area (Å²) in [4.78, 5) is 2.26. The Balaban J connectivity index is 1.81. The van der Waals surface area contributed by atoms with Crippen molar-refractivity contribution in [3.63, 3.8) is 0 Å². The van der Waals surface area contributed by atoms with Crippen LogP contribution in [0.15, 0.2) is 18.2 Å². The lowest BCUT2D eigenvalue weighted by atomic mass is 9.86. The summed E-state index contributed by atoms with van der Waals surface area (Å²) in [5, 5.41) is 9.68. The van der Waals surface area contributed by atoms with Gasteiger partial charge in [-0.25, -0.2) is 4.39 Å². The third-order valence-corrected chi connectivity index (χ3v) is 4.56. The average molecular weight is 249 g/mol. The van der Waals surface area contributed by atoms with Gasteiger partial charge < -0.3 is 10.0 Å². The number of fused-ring (bicyclic) bond motifs is 1. The van der Waals surface area contributed by atoms with Crippen LogP contribution in [0.2, 0.25) is 0 Å². The van der Waals surface area contributed by atoms with E-state index in [0.29, 0.717) is 0 Å². The minimum Gasteiger partial charge on any atom is -0.396 e. The standard InChI is InChI=1S/C15H20FNO/c16-13-4-3-12-5-8-17(14(12)9-13)10-15(11-18)6-1-2-7-15/h3-4,9,18H,1-2,5-8,10-11H2. The SMILES string of the molecule is OCC1(CN2CCc3ccc(F)cc32)CCCC1. The van der Waals surface area contributed by atoms with Crippen LogP contribution < -0.4 is 4.90 Å². The van der Waals surface area contributed by atoms with Crippen LogP contribution in [0.1, 0.15) is 31.2 Å². The number of anilines is 1. The lowest BCUT2D eigenvalue weighted by Crippen LogP contribution is -2.37. The van der Waals surface area contributed by atoms with Gasteiger partial charge in [0.1, 0.15) is 5.82 Å². The van der Waals surface area contributed by atoms with Gasteiger partial charge in [-0.05, 0) is 37.0 Å². The molecule has 1 N–H and O–H groups in total. The first-order chi connectivity index (χ1) is 8.72. The second-order valence-electron chi connectivity index (χ2n) is 5.81. The molecule has 0 spiro atoms. The highest BCUT2D eigenvalue weighted by atomic mass is 19.1. The monoisotopic (exact) mass is 249 g/mol. The Morgan fingerprint density at radius 2 is 2.06 bits per heavy atom. The molecule has 1 fully saturated rings. The molecule has 1 heterocycles. The van der Waals surface area contributed by atoms with Crippen LogP contribution in [-0.2, 0) is 6.42 Å². The van der Waals surface area contributed by atoms with Crippen molar-refractivity contribution in [1.82, 2.24) is 0 Å². The fourth-order valence-electron chi connectivity index (χ4n) is 3.48. The Hall–Kier alpha value is -1.09. The molecule has 1 aliphatic heterocycles. The van der Waals surface area contributed by atoms with Gasteiger partial charge in [-0.15, -0.1) is 0 Å². The number of hydrogen-bond acceptors (Lipinski definition) is 2. The number of aliphatic hydroxyl groups excluding tert-OH is 1. The molecule has 3 rings (SSSR count). The van der Waals surface area contributed by atoms with Crippen LogP contribution in [0.4, 0.5) is 10.1 Å². The van der Waals surface area contributed by atoms with Crippen LogP contribution in [0, 0.1) is 11.2 Å². The summed E-state index contributed by atoms with van der Waals surface area (Å²) in [5.74, 6) is -0.162. The number of rotatable bonds is 3. The molecule has 2 aliphatic rings. The van der Waals surface area contributed by atoms with Gasteiger partial charge in [-0.3, -0.25) is 0 Å². The molecule has 0 atom stereocenters. The molecule has 0 bridgehead atoms. The van der Waals surface area contributed by atoms with Crippen LogP contribution in [0.5, 0.6) is 0 Å². The van der Waals surface area contributed by atoms with Crippen molar-refractivity contribution >= 4 is 5.69 Å². The molecule has 0 amide bonds. The lowest BCUT2D eigenvalue weighted by molar-refractivity contribution is 0.136. The first kappa shape index (κ1) is 12.0. The zero-order chi connectivity index (χ0) is 12.6. The normalized spacial score (nSPS) is 21.3. The largest absolute Gasteiger partial charge is 0.396 e. The molecule has 0 radical (unpaired) electrons. The van der Waals surface area contributed by atoms with Gasteiger partial charge in [0.2, 0.25) is 0 Å². The maximum atomic E-state index is 13.4. The molecule has 2 nitrogen and oxygen atoms in total. The third-order valence-electron chi connectivity index (χ3n) is 4.56. The topological polar surface area (TPSA) is 23.5 Å². The second kappa shape index (κ2) is 4.54. The van der Waals surface area contributed by atoms with E-state index in [1.54, 1.807) is 12.1 Å². The maximum Gasteiger partial charge on any atom is 0.125 e. The summed E-state index contributed by atoms with van der Waals surface area (Å²) in [6.45, 7) is 2.09. The highest BCUT2D eigenvalue weighted by molar-refractivity contribution is 5.58. The Kier molecular flexibility index (Phi) is 3.02. The van der Waals surface area contributed by atoms with E-state index < -0.39 is 0 Å². The Morgan fingerprint density at radius 1 is 1.28 bits per heavy atom. The maximum absolute atomic E-state index is 13.4. The molecule has 1 saturated carbocycles. The number of aliphatic hydroxyl groups is 1. The van der Waals surface area contributed by atoms with Crippen LogP contribution in [0.3, 0.4) is 0 Å². The van der Waals surface area contributed by atoms with Gasteiger partial charge >= 0.3 is 0 Å². The first-order valence-corrected chi connectivity index (χ1v) is 6.87. The van der Waals surface area contributed by atoms with Crippen LogP contribution in [0.25, 0.3) is 0 Å². The van der Waals surface area contributed by atoms with Gasteiger partial charge in [0.25, 0.3) is 0 Å². The van der Waals surface area contributed by atoms with Gasteiger partial charge in [0, 0.05) is 24.2 Å². The molecule has 1 aromatic rings. The van der Waals surface area contributed by atoms with E-state index in [2.05, 4.69) is 4.90 Å². The molecule has 0 saturated heterocycles. The molecular weight excluding hydrogens is 229 g/mol. The van der Waals surface area contributed by atoms with Gasteiger partial charge in [-0.1, -0.05) is 18.9 Å². The molecule has 0 aromatic heterocycles. The number of benzene rings is 1. The summed E-state index contributed by atoms with van der Waals surface area (Å²) >= 11 is 0. The van der Waals surface area contributed by atoms with E-state index in [1.807, 2.05) is 6.07 Å². The molecule has 3 heteroatoms. The molecule has 18 heavy (non-hydrogen) atoms. The van der Waals surface area contributed by atoms with E-state index in [0.717, 1.165) is 38.0 Å². The first-order valence-electron chi connectivity index (χ1n) is 6.87. The predicted octanol–water partition coefficient (Wildman–Crippen LogP) is 2.74. The van der Waals surface area contributed by atoms with Crippen molar-refractivity contribution in [2.45, 2.75) is 32.1 Å². The summed E-state index contributed by atoms with van der Waals surface area (Å²) in [7, 11) is 0. The summed E-state index contributed by atoms with van der Waals surface area (Å²) in [6.07, 6.45) is 5.63. The van der Waals surface area contributed by atoms with Crippen molar-refractivity contribution in [3.8, 4) is 0 Å². The molecule has 98 valence electrons. The van der Waals surface area contributed by atoms with Crippen LogP contribution in [-0.4, -0.2) is 24.8 Å². The molecule has 1 aliphatic carbocycles. The van der Waals surface area contributed by atoms with E-state index in [1.165, 1.54) is 18.4 Å². The Bertz CT molecular complexity index is 440. The predicted molar refractivity (Wildman–Crippen MR) is 70.3 cm³/mol. The summed E-state index contributed by atoms with van der Waals surface area (Å²) in [5.41, 5.74) is 2.32. The minimum absolute atomic E-state index is 0.0495. The minimum atomic E-state index is -0.162. The van der Waals surface area contributed by atoms with Crippen molar-refractivity contribution in [1.29, 1.82) is 0 Å². The Labute approximate surface area is 107 Å². The van der Waals surface area contributed by atoms with Gasteiger partial charge in [-0.2, -0.15) is 0 Å². The average Bonchev–Trinajstić information content (AvgIpc) is 2.98.